The summed E-state index contributed by atoms with van der Waals surface area (Å²) in [5, 5.41) is 0. The fraction of sp³-hybridized carbons (Fsp3) is 0.615. The lowest BCUT2D eigenvalue weighted by atomic mass is 10.2. The first-order chi connectivity index (χ1) is 9.53. The summed E-state index contributed by atoms with van der Waals surface area (Å²) in [6.07, 6.45) is 2.75. The first-order valence-electron chi connectivity index (χ1n) is 6.91. The number of carbonyl (C=O) groups excluding carboxylic acids is 1. The van der Waals surface area contributed by atoms with Crippen LogP contribution in [0.4, 0.5) is 0 Å². The third-order valence-electron chi connectivity index (χ3n) is 3.45. The van der Waals surface area contributed by atoms with Crippen LogP contribution in [0.2, 0.25) is 0 Å². The number of nitrogens with zero attached hydrogens (tertiary/aromatic N) is 2. The van der Waals surface area contributed by atoms with Crippen LogP contribution in [0.25, 0.3) is 0 Å². The summed E-state index contributed by atoms with van der Waals surface area (Å²) in [7, 11) is -3.14. The number of carbonyl (C=O) groups is 1. The summed E-state index contributed by atoms with van der Waals surface area (Å²) in [5.74, 6) is 0.226. The first-order valence-corrected chi connectivity index (χ1v) is 8.51. The molecule has 0 radical (unpaired) electrons. The summed E-state index contributed by atoms with van der Waals surface area (Å²) < 4.78 is 25.4. The van der Waals surface area contributed by atoms with Gasteiger partial charge >= 0.3 is 0 Å². The van der Waals surface area contributed by atoms with Crippen molar-refractivity contribution in [1.82, 2.24) is 14.2 Å². The largest absolute Gasteiger partial charge is 0.365 e. The average molecular weight is 299 g/mol. The summed E-state index contributed by atoms with van der Waals surface area (Å²) in [6, 6.07) is 3.73. The van der Waals surface area contributed by atoms with Crippen molar-refractivity contribution < 1.29 is 13.2 Å². The maximum absolute atomic E-state index is 12.1. The van der Waals surface area contributed by atoms with Gasteiger partial charge in [-0.05, 0) is 18.6 Å². The van der Waals surface area contributed by atoms with Gasteiger partial charge in [0.1, 0.15) is 0 Å². The molecular formula is C13H21N3O3S. The monoisotopic (exact) mass is 299 g/mol. The van der Waals surface area contributed by atoms with E-state index in [2.05, 4.69) is 4.98 Å². The number of rotatable bonds is 5. The second-order valence-corrected chi connectivity index (χ2v) is 7.06. The van der Waals surface area contributed by atoms with Gasteiger partial charge in [-0.1, -0.05) is 6.92 Å². The van der Waals surface area contributed by atoms with E-state index in [0.29, 0.717) is 39.0 Å². The summed E-state index contributed by atoms with van der Waals surface area (Å²) in [5.41, 5.74) is 0.885. The van der Waals surface area contributed by atoms with Crippen molar-refractivity contribution in [3.63, 3.8) is 0 Å². The minimum atomic E-state index is -3.14. The Balaban J connectivity index is 1.86. The van der Waals surface area contributed by atoms with Gasteiger partial charge in [0.15, 0.2) is 0 Å². The van der Waals surface area contributed by atoms with Gasteiger partial charge in [0, 0.05) is 38.1 Å². The number of hydrogen-bond donors (Lipinski definition) is 1. The SMILES string of the molecule is CCCS(=O)(=O)N1CCN(C(=O)Cc2ccc[nH]2)CC1. The minimum absolute atomic E-state index is 0.0417. The fourth-order valence-corrected chi connectivity index (χ4v) is 3.85. The van der Waals surface area contributed by atoms with Gasteiger partial charge in [0.25, 0.3) is 0 Å². The zero-order chi connectivity index (χ0) is 14.6. The van der Waals surface area contributed by atoms with Gasteiger partial charge in [-0.3, -0.25) is 4.79 Å². The zero-order valence-electron chi connectivity index (χ0n) is 11.7. The molecule has 1 amide bonds. The smallest absolute Gasteiger partial charge is 0.228 e. The summed E-state index contributed by atoms with van der Waals surface area (Å²) >= 11 is 0. The maximum atomic E-state index is 12.1. The molecule has 0 saturated carbocycles. The van der Waals surface area contributed by atoms with Crippen LogP contribution < -0.4 is 0 Å². The molecule has 1 fully saturated rings. The van der Waals surface area contributed by atoms with Gasteiger partial charge < -0.3 is 9.88 Å². The second-order valence-electron chi connectivity index (χ2n) is 4.97. The normalized spacial score (nSPS) is 17.4. The molecule has 0 unspecified atom stereocenters. The van der Waals surface area contributed by atoms with Crippen LogP contribution >= 0.6 is 0 Å². The molecule has 2 rings (SSSR count). The Morgan fingerprint density at radius 3 is 2.55 bits per heavy atom. The van der Waals surface area contributed by atoms with Gasteiger partial charge in [-0.2, -0.15) is 4.31 Å². The van der Waals surface area contributed by atoms with Gasteiger partial charge in [0.2, 0.25) is 15.9 Å². The Kier molecular flexibility index (Phi) is 4.82. The molecule has 1 aromatic rings. The van der Waals surface area contributed by atoms with E-state index in [1.807, 2.05) is 19.1 Å². The molecule has 20 heavy (non-hydrogen) atoms. The van der Waals surface area contributed by atoms with E-state index >= 15 is 0 Å². The molecule has 112 valence electrons. The molecule has 0 bridgehead atoms. The highest BCUT2D eigenvalue weighted by molar-refractivity contribution is 7.89. The van der Waals surface area contributed by atoms with E-state index in [1.165, 1.54) is 4.31 Å². The van der Waals surface area contributed by atoms with Crippen molar-refractivity contribution in [3.8, 4) is 0 Å². The highest BCUT2D eigenvalue weighted by Crippen LogP contribution is 2.10. The van der Waals surface area contributed by atoms with E-state index in [1.54, 1.807) is 11.1 Å². The molecule has 1 aliphatic heterocycles. The van der Waals surface area contributed by atoms with E-state index in [4.69, 9.17) is 0 Å². The van der Waals surface area contributed by atoms with Crippen LogP contribution in [0.3, 0.4) is 0 Å². The number of sulfonamides is 1. The van der Waals surface area contributed by atoms with E-state index in [9.17, 15) is 13.2 Å². The second kappa shape index (κ2) is 6.41. The predicted octanol–water partition coefficient (Wildman–Crippen LogP) is 0.441. The van der Waals surface area contributed by atoms with Crippen LogP contribution in [0.5, 0.6) is 0 Å². The number of hydrogen-bond acceptors (Lipinski definition) is 3. The lowest BCUT2D eigenvalue weighted by molar-refractivity contribution is -0.131. The highest BCUT2D eigenvalue weighted by Gasteiger charge is 2.28. The van der Waals surface area contributed by atoms with Gasteiger partial charge in [-0.15, -0.1) is 0 Å². The Morgan fingerprint density at radius 2 is 2.00 bits per heavy atom. The van der Waals surface area contributed by atoms with Crippen LogP contribution in [0.1, 0.15) is 19.0 Å². The van der Waals surface area contributed by atoms with E-state index in [-0.39, 0.29) is 11.7 Å². The average Bonchev–Trinajstić information content (AvgIpc) is 2.91. The molecule has 2 heterocycles. The standard InChI is InChI=1S/C13H21N3O3S/c1-2-10-20(18,19)16-8-6-15(7-9-16)13(17)11-12-4-3-5-14-12/h3-5,14H,2,6-11H2,1H3. The van der Waals surface area contributed by atoms with Gasteiger partial charge in [-0.25, -0.2) is 8.42 Å². The number of aromatic amines is 1. The third-order valence-corrected chi connectivity index (χ3v) is 5.53. The lowest BCUT2D eigenvalue weighted by Crippen LogP contribution is -2.51. The zero-order valence-corrected chi connectivity index (χ0v) is 12.5. The molecular weight excluding hydrogens is 278 g/mol. The quantitative estimate of drug-likeness (QED) is 0.857. The fourth-order valence-electron chi connectivity index (χ4n) is 2.35. The number of amides is 1. The van der Waals surface area contributed by atoms with Crippen molar-refractivity contribution in [1.29, 1.82) is 0 Å². The van der Waals surface area contributed by atoms with Crippen molar-refractivity contribution >= 4 is 15.9 Å². The summed E-state index contributed by atoms with van der Waals surface area (Å²) in [4.78, 5) is 16.8. The molecule has 1 aromatic heterocycles. The lowest BCUT2D eigenvalue weighted by Gasteiger charge is -2.34. The molecule has 0 atom stereocenters. The van der Waals surface area contributed by atoms with E-state index in [0.717, 1.165) is 5.69 Å². The topological polar surface area (TPSA) is 73.5 Å². The Labute approximate surface area is 119 Å². The van der Waals surface area contributed by atoms with Crippen LogP contribution in [0, 0.1) is 0 Å². The van der Waals surface area contributed by atoms with Crippen LogP contribution in [-0.2, 0) is 21.2 Å². The number of H-pyrrole nitrogens is 1. The van der Waals surface area contributed by atoms with Crippen molar-refractivity contribution in [2.45, 2.75) is 19.8 Å². The maximum Gasteiger partial charge on any atom is 0.228 e. The van der Waals surface area contributed by atoms with Gasteiger partial charge in [0.05, 0.1) is 12.2 Å². The molecule has 0 spiro atoms. The number of aromatic nitrogens is 1. The van der Waals surface area contributed by atoms with Crippen LogP contribution in [0.15, 0.2) is 18.3 Å². The Hall–Kier alpha value is -1.34. The van der Waals surface area contributed by atoms with Crippen molar-refractivity contribution in [2.75, 3.05) is 31.9 Å². The molecule has 7 heteroatoms. The molecule has 0 aliphatic carbocycles. The highest BCUT2D eigenvalue weighted by atomic mass is 32.2. The third kappa shape index (κ3) is 3.61. The Morgan fingerprint density at radius 1 is 1.30 bits per heavy atom. The molecule has 1 N–H and O–H groups in total. The molecule has 6 nitrogen and oxygen atoms in total. The predicted molar refractivity (Wildman–Crippen MR) is 76.7 cm³/mol. The Bertz CT molecular complexity index is 531. The number of nitrogens with one attached hydrogen (secondary N) is 1. The van der Waals surface area contributed by atoms with Crippen LogP contribution in [-0.4, -0.2) is 60.4 Å². The summed E-state index contributed by atoms with van der Waals surface area (Å²) in [6.45, 7) is 3.61. The number of piperazine rings is 1. The van der Waals surface area contributed by atoms with Crippen molar-refractivity contribution in [3.05, 3.63) is 24.0 Å². The van der Waals surface area contributed by atoms with E-state index < -0.39 is 10.0 Å². The molecule has 1 saturated heterocycles. The minimum Gasteiger partial charge on any atom is -0.365 e. The molecule has 1 aliphatic rings. The van der Waals surface area contributed by atoms with Crippen molar-refractivity contribution in [2.24, 2.45) is 0 Å². The molecule has 0 aromatic carbocycles. The first kappa shape index (κ1) is 15.1.